The first kappa shape index (κ1) is 14.5. The molecule has 0 aliphatic rings. The first-order valence-electron chi connectivity index (χ1n) is 4.30. The van der Waals surface area contributed by atoms with Crippen molar-refractivity contribution in [1.29, 1.82) is 0 Å². The van der Waals surface area contributed by atoms with Crippen LogP contribution < -0.4 is 5.32 Å². The van der Waals surface area contributed by atoms with Gasteiger partial charge in [-0.1, -0.05) is 0 Å². The molecule has 0 radical (unpaired) electrons. The van der Waals surface area contributed by atoms with Crippen LogP contribution in [0.25, 0.3) is 0 Å². The predicted molar refractivity (Wildman–Crippen MR) is 49.3 cm³/mol. The van der Waals surface area contributed by atoms with Gasteiger partial charge in [-0.3, -0.25) is 4.79 Å². The summed E-state index contributed by atoms with van der Waals surface area (Å²) in [6.07, 6.45) is -6.11. The SMILES string of the molecule is CC(=O)N[C@H](C=O)[C@H](O)[C@H](O)[C@@H](O)C(=O)O. The molecule has 4 atom stereocenters. The molecule has 8 nitrogen and oxygen atoms in total. The fraction of sp³-hybridized carbons (Fsp3) is 0.625. The van der Waals surface area contributed by atoms with Gasteiger partial charge in [0.05, 0.1) is 0 Å². The molecule has 1 amide bonds. The largest absolute Gasteiger partial charge is 0.479 e. The Kier molecular flexibility index (Phi) is 5.57. The second kappa shape index (κ2) is 6.16. The first-order valence-corrected chi connectivity index (χ1v) is 4.30. The Morgan fingerprint density at radius 2 is 1.69 bits per heavy atom. The van der Waals surface area contributed by atoms with E-state index in [0.29, 0.717) is 0 Å². The van der Waals surface area contributed by atoms with Crippen molar-refractivity contribution >= 4 is 18.2 Å². The third-order valence-corrected chi connectivity index (χ3v) is 1.81. The molecule has 0 aromatic heterocycles. The Labute approximate surface area is 90.5 Å². The number of aliphatic hydroxyl groups excluding tert-OH is 3. The molecule has 0 aliphatic heterocycles. The molecule has 0 saturated carbocycles. The summed E-state index contributed by atoms with van der Waals surface area (Å²) in [4.78, 5) is 31.3. The Balaban J connectivity index is 4.60. The fourth-order valence-electron chi connectivity index (χ4n) is 0.980. The van der Waals surface area contributed by atoms with E-state index < -0.39 is 36.2 Å². The molecular formula is C8H13NO7. The van der Waals surface area contributed by atoms with Crippen LogP contribution in [-0.2, 0) is 14.4 Å². The highest BCUT2D eigenvalue weighted by atomic mass is 16.4. The summed E-state index contributed by atoms with van der Waals surface area (Å²) in [5.74, 6) is -2.40. The predicted octanol–water partition coefficient (Wildman–Crippen LogP) is -3.14. The highest BCUT2D eigenvalue weighted by molar-refractivity contribution is 5.78. The van der Waals surface area contributed by atoms with Gasteiger partial charge in [-0.15, -0.1) is 0 Å². The lowest BCUT2D eigenvalue weighted by Gasteiger charge is -2.24. The van der Waals surface area contributed by atoms with E-state index in [-0.39, 0.29) is 6.29 Å². The van der Waals surface area contributed by atoms with Crippen LogP contribution in [0.4, 0.5) is 0 Å². The number of carbonyl (C=O) groups excluding carboxylic acids is 2. The van der Waals surface area contributed by atoms with E-state index in [1.54, 1.807) is 0 Å². The average Bonchev–Trinajstić information content (AvgIpc) is 2.22. The number of nitrogens with one attached hydrogen (secondary N) is 1. The van der Waals surface area contributed by atoms with Crippen LogP contribution in [0.3, 0.4) is 0 Å². The van der Waals surface area contributed by atoms with Gasteiger partial charge < -0.3 is 30.5 Å². The third-order valence-electron chi connectivity index (χ3n) is 1.81. The lowest BCUT2D eigenvalue weighted by Crippen LogP contribution is -2.53. The molecule has 5 N–H and O–H groups in total. The maximum Gasteiger partial charge on any atom is 0.335 e. The topological polar surface area (TPSA) is 144 Å². The van der Waals surface area contributed by atoms with Gasteiger partial charge in [-0.25, -0.2) is 4.79 Å². The molecule has 0 aromatic carbocycles. The van der Waals surface area contributed by atoms with E-state index in [4.69, 9.17) is 10.2 Å². The minimum Gasteiger partial charge on any atom is -0.479 e. The van der Waals surface area contributed by atoms with Crippen LogP contribution in [-0.4, -0.2) is 62.9 Å². The quantitative estimate of drug-likeness (QED) is 0.306. The van der Waals surface area contributed by atoms with Crippen LogP contribution in [0.2, 0.25) is 0 Å². The van der Waals surface area contributed by atoms with Crippen molar-refractivity contribution in [2.24, 2.45) is 0 Å². The highest BCUT2D eigenvalue weighted by Crippen LogP contribution is 2.04. The van der Waals surface area contributed by atoms with Crippen molar-refractivity contribution < 1.29 is 34.8 Å². The van der Waals surface area contributed by atoms with Gasteiger partial charge in [-0.05, 0) is 0 Å². The van der Waals surface area contributed by atoms with E-state index in [9.17, 15) is 24.6 Å². The lowest BCUT2D eigenvalue weighted by atomic mass is 10.0. The Bertz CT molecular complexity index is 280. The number of carbonyl (C=O) groups is 3. The van der Waals surface area contributed by atoms with Gasteiger partial charge in [-0.2, -0.15) is 0 Å². The van der Waals surface area contributed by atoms with Crippen LogP contribution in [0.1, 0.15) is 6.92 Å². The second-order valence-corrected chi connectivity index (χ2v) is 3.13. The molecule has 0 spiro atoms. The standard InChI is InChI=1S/C8H13NO7/c1-3(11)9-4(2-10)5(12)6(13)7(14)8(15)16/h2,4-7,12-14H,1H3,(H,9,11)(H,15,16)/t4-,5+,6+,7-/m1/s1. The molecule has 0 saturated heterocycles. The fourth-order valence-corrected chi connectivity index (χ4v) is 0.980. The number of amides is 1. The molecule has 0 fully saturated rings. The molecule has 0 unspecified atom stereocenters. The maximum absolute atomic E-state index is 10.6. The lowest BCUT2D eigenvalue weighted by molar-refractivity contribution is -0.159. The van der Waals surface area contributed by atoms with E-state index in [2.05, 4.69) is 0 Å². The number of aliphatic carboxylic acids is 1. The summed E-state index contributed by atoms with van der Waals surface area (Å²) >= 11 is 0. The van der Waals surface area contributed by atoms with Crippen LogP contribution >= 0.6 is 0 Å². The smallest absolute Gasteiger partial charge is 0.335 e. The minimum absolute atomic E-state index is 0.129. The van der Waals surface area contributed by atoms with Gasteiger partial charge in [0.25, 0.3) is 0 Å². The number of rotatable bonds is 6. The molecule has 8 heteroatoms. The van der Waals surface area contributed by atoms with Gasteiger partial charge in [0.1, 0.15) is 24.5 Å². The zero-order chi connectivity index (χ0) is 12.9. The molecular weight excluding hydrogens is 222 g/mol. The molecule has 0 bridgehead atoms. The van der Waals surface area contributed by atoms with Crippen LogP contribution in [0, 0.1) is 0 Å². The number of carboxylic acids is 1. The molecule has 0 rings (SSSR count). The number of hydrogen-bond acceptors (Lipinski definition) is 6. The zero-order valence-electron chi connectivity index (χ0n) is 8.40. The summed E-state index contributed by atoms with van der Waals surface area (Å²) < 4.78 is 0. The maximum atomic E-state index is 10.6. The van der Waals surface area contributed by atoms with Crippen LogP contribution in [0.5, 0.6) is 0 Å². The van der Waals surface area contributed by atoms with Gasteiger partial charge >= 0.3 is 5.97 Å². The molecule has 0 aromatic rings. The highest BCUT2D eigenvalue weighted by Gasteiger charge is 2.35. The average molecular weight is 235 g/mol. The normalized spacial score (nSPS) is 18.0. The number of aliphatic hydroxyl groups is 3. The van der Waals surface area contributed by atoms with E-state index in [0.717, 1.165) is 6.92 Å². The van der Waals surface area contributed by atoms with Crippen molar-refractivity contribution in [1.82, 2.24) is 5.32 Å². The molecule has 0 aliphatic carbocycles. The number of carboxylic acid groups (broad SMARTS) is 1. The van der Waals surface area contributed by atoms with E-state index in [1.807, 2.05) is 5.32 Å². The van der Waals surface area contributed by atoms with Crippen molar-refractivity contribution in [3.8, 4) is 0 Å². The Morgan fingerprint density at radius 1 is 1.19 bits per heavy atom. The van der Waals surface area contributed by atoms with Crippen molar-refractivity contribution in [3.63, 3.8) is 0 Å². The second-order valence-electron chi connectivity index (χ2n) is 3.13. The monoisotopic (exact) mass is 235 g/mol. The zero-order valence-corrected chi connectivity index (χ0v) is 8.40. The number of hydrogen-bond donors (Lipinski definition) is 5. The van der Waals surface area contributed by atoms with Crippen molar-refractivity contribution in [2.75, 3.05) is 0 Å². The summed E-state index contributed by atoms with van der Waals surface area (Å²) in [5.41, 5.74) is 0. The van der Waals surface area contributed by atoms with Crippen LogP contribution in [0.15, 0.2) is 0 Å². The summed E-state index contributed by atoms with van der Waals surface area (Å²) in [7, 11) is 0. The van der Waals surface area contributed by atoms with Crippen molar-refractivity contribution in [3.05, 3.63) is 0 Å². The van der Waals surface area contributed by atoms with Crippen molar-refractivity contribution in [2.45, 2.75) is 31.3 Å². The summed E-state index contributed by atoms with van der Waals surface area (Å²) in [6, 6.07) is -1.48. The molecule has 92 valence electrons. The van der Waals surface area contributed by atoms with E-state index >= 15 is 0 Å². The van der Waals surface area contributed by atoms with E-state index in [1.165, 1.54) is 0 Å². The van der Waals surface area contributed by atoms with Gasteiger partial charge in [0, 0.05) is 6.92 Å². The van der Waals surface area contributed by atoms with Gasteiger partial charge in [0.15, 0.2) is 6.10 Å². The molecule has 0 heterocycles. The minimum atomic E-state index is -2.24. The third kappa shape index (κ3) is 3.93. The number of aldehydes is 1. The first-order chi connectivity index (χ1) is 7.31. The molecule has 16 heavy (non-hydrogen) atoms. The summed E-state index contributed by atoms with van der Waals surface area (Å²) in [6.45, 7) is 1.07. The Morgan fingerprint density at radius 3 is 2.00 bits per heavy atom. The Hall–Kier alpha value is -1.51. The van der Waals surface area contributed by atoms with Gasteiger partial charge in [0.2, 0.25) is 5.91 Å². The summed E-state index contributed by atoms with van der Waals surface area (Å²) in [5, 5.41) is 37.7.